The van der Waals surface area contributed by atoms with Gasteiger partial charge in [0.15, 0.2) is 11.6 Å². The van der Waals surface area contributed by atoms with E-state index < -0.39 is 0 Å². The van der Waals surface area contributed by atoms with E-state index in [1.165, 1.54) is 16.7 Å². The molecule has 2 heterocycles. The number of hydrogen-bond donors (Lipinski definition) is 2. The van der Waals surface area contributed by atoms with Gasteiger partial charge in [0.05, 0.1) is 0 Å². The standard InChI is InChI=1S/C24H29N5/c1-17-7-6-10-21(18(17)2)28-23-22(25)24(27-16-26-23)29-13-11-20(12-14-29)15-19-8-4-3-5-9-19/h3-10,16,20H,11-15,25H2,1-2H3,(H,26,27,28). The monoisotopic (exact) mass is 387 g/mol. The van der Waals surface area contributed by atoms with E-state index in [0.29, 0.717) is 17.4 Å². The lowest BCUT2D eigenvalue weighted by Gasteiger charge is -2.33. The van der Waals surface area contributed by atoms with Crippen molar-refractivity contribution in [2.45, 2.75) is 33.1 Å². The van der Waals surface area contributed by atoms with Crippen molar-refractivity contribution in [2.24, 2.45) is 5.92 Å². The third kappa shape index (κ3) is 4.34. The van der Waals surface area contributed by atoms with E-state index in [0.717, 1.165) is 43.9 Å². The van der Waals surface area contributed by atoms with Gasteiger partial charge >= 0.3 is 0 Å². The van der Waals surface area contributed by atoms with E-state index in [-0.39, 0.29) is 0 Å². The van der Waals surface area contributed by atoms with Gasteiger partial charge in [0.25, 0.3) is 0 Å². The van der Waals surface area contributed by atoms with Crippen molar-refractivity contribution in [2.75, 3.05) is 29.0 Å². The number of nitrogens with zero attached hydrogens (tertiary/aromatic N) is 3. The first-order chi connectivity index (χ1) is 14.1. The molecule has 150 valence electrons. The molecule has 4 rings (SSSR count). The molecule has 5 heteroatoms. The average molecular weight is 388 g/mol. The molecule has 0 atom stereocenters. The van der Waals surface area contributed by atoms with Crippen molar-refractivity contribution in [1.29, 1.82) is 0 Å². The number of nitrogens with two attached hydrogens (primary N) is 1. The fourth-order valence-corrected chi connectivity index (χ4v) is 4.05. The molecule has 3 aromatic rings. The highest BCUT2D eigenvalue weighted by Gasteiger charge is 2.23. The molecular weight excluding hydrogens is 358 g/mol. The van der Waals surface area contributed by atoms with Crippen LogP contribution in [0, 0.1) is 19.8 Å². The number of nitrogens with one attached hydrogen (secondary N) is 1. The Morgan fingerprint density at radius 3 is 2.52 bits per heavy atom. The Morgan fingerprint density at radius 1 is 1.00 bits per heavy atom. The van der Waals surface area contributed by atoms with E-state index >= 15 is 0 Å². The fraction of sp³-hybridized carbons (Fsp3) is 0.333. The number of nitrogen functional groups attached to an aromatic ring is 1. The predicted octanol–water partition coefficient (Wildman–Crippen LogP) is 4.88. The zero-order chi connectivity index (χ0) is 20.2. The summed E-state index contributed by atoms with van der Waals surface area (Å²) in [4.78, 5) is 11.2. The van der Waals surface area contributed by atoms with Crippen LogP contribution in [0.1, 0.15) is 29.5 Å². The Balaban J connectivity index is 1.45. The molecule has 1 saturated heterocycles. The minimum absolute atomic E-state index is 0.620. The van der Waals surface area contributed by atoms with Gasteiger partial charge < -0.3 is 16.0 Å². The third-order valence-corrected chi connectivity index (χ3v) is 6.00. The van der Waals surface area contributed by atoms with Crippen molar-refractivity contribution in [1.82, 2.24) is 9.97 Å². The fourth-order valence-electron chi connectivity index (χ4n) is 4.05. The quantitative estimate of drug-likeness (QED) is 0.653. The molecule has 2 aromatic carbocycles. The second-order valence-corrected chi connectivity index (χ2v) is 7.95. The third-order valence-electron chi connectivity index (χ3n) is 6.00. The summed E-state index contributed by atoms with van der Waals surface area (Å²) in [5.74, 6) is 2.23. The van der Waals surface area contributed by atoms with Gasteiger partial charge in [0.1, 0.15) is 12.0 Å². The van der Waals surface area contributed by atoms with Gasteiger partial charge in [-0.05, 0) is 61.8 Å². The van der Waals surface area contributed by atoms with Crippen LogP contribution < -0.4 is 16.0 Å². The molecule has 5 nitrogen and oxygen atoms in total. The first-order valence-corrected chi connectivity index (χ1v) is 10.3. The van der Waals surface area contributed by atoms with Crippen LogP contribution in [0.5, 0.6) is 0 Å². The second-order valence-electron chi connectivity index (χ2n) is 7.95. The maximum atomic E-state index is 6.48. The van der Waals surface area contributed by atoms with Crippen molar-refractivity contribution in [3.8, 4) is 0 Å². The molecule has 0 aliphatic carbocycles. The minimum atomic E-state index is 0.620. The van der Waals surface area contributed by atoms with Crippen molar-refractivity contribution in [3.05, 3.63) is 71.5 Å². The van der Waals surface area contributed by atoms with Gasteiger partial charge in [-0.15, -0.1) is 0 Å². The van der Waals surface area contributed by atoms with Crippen LogP contribution in [0.4, 0.5) is 23.0 Å². The summed E-state index contributed by atoms with van der Waals surface area (Å²) in [5.41, 5.74) is 12.0. The predicted molar refractivity (Wildman–Crippen MR) is 121 cm³/mol. The van der Waals surface area contributed by atoms with Gasteiger partial charge in [-0.25, -0.2) is 9.97 Å². The number of piperidine rings is 1. The van der Waals surface area contributed by atoms with Crippen LogP contribution >= 0.6 is 0 Å². The van der Waals surface area contributed by atoms with Crippen molar-refractivity contribution >= 4 is 23.0 Å². The van der Waals surface area contributed by atoms with Gasteiger partial charge in [0, 0.05) is 18.8 Å². The van der Waals surface area contributed by atoms with E-state index in [2.05, 4.69) is 76.5 Å². The van der Waals surface area contributed by atoms with Crippen LogP contribution in [0.3, 0.4) is 0 Å². The lowest BCUT2D eigenvalue weighted by atomic mass is 9.90. The first kappa shape index (κ1) is 19.2. The number of hydrogen-bond acceptors (Lipinski definition) is 5. The first-order valence-electron chi connectivity index (χ1n) is 10.3. The Hall–Kier alpha value is -3.08. The zero-order valence-electron chi connectivity index (χ0n) is 17.2. The molecule has 0 saturated carbocycles. The van der Waals surface area contributed by atoms with Gasteiger partial charge in [-0.1, -0.05) is 42.5 Å². The normalized spacial score (nSPS) is 14.8. The molecule has 3 N–H and O–H groups in total. The summed E-state index contributed by atoms with van der Waals surface area (Å²) in [7, 11) is 0. The molecule has 0 spiro atoms. The van der Waals surface area contributed by atoms with Crippen LogP contribution in [0.2, 0.25) is 0 Å². The average Bonchev–Trinajstić information content (AvgIpc) is 2.74. The molecule has 1 fully saturated rings. The van der Waals surface area contributed by atoms with E-state index in [4.69, 9.17) is 5.73 Å². The number of aryl methyl sites for hydroxylation is 1. The largest absolute Gasteiger partial charge is 0.393 e. The SMILES string of the molecule is Cc1cccc(Nc2ncnc(N3CCC(Cc4ccccc4)CC3)c2N)c1C. The highest BCUT2D eigenvalue weighted by Crippen LogP contribution is 2.33. The Labute approximate surface area is 173 Å². The summed E-state index contributed by atoms with van der Waals surface area (Å²) in [6.45, 7) is 6.16. The van der Waals surface area contributed by atoms with Crippen LogP contribution in [-0.4, -0.2) is 23.1 Å². The lowest BCUT2D eigenvalue weighted by molar-refractivity contribution is 0.402. The molecule has 29 heavy (non-hydrogen) atoms. The number of rotatable bonds is 5. The Kier molecular flexibility index (Phi) is 5.65. The molecule has 1 aromatic heterocycles. The molecule has 1 aliphatic rings. The number of aromatic nitrogens is 2. The molecule has 0 radical (unpaired) electrons. The number of benzene rings is 2. The van der Waals surface area contributed by atoms with E-state index in [9.17, 15) is 0 Å². The Morgan fingerprint density at radius 2 is 1.76 bits per heavy atom. The van der Waals surface area contributed by atoms with Crippen LogP contribution in [-0.2, 0) is 6.42 Å². The molecule has 0 bridgehead atoms. The topological polar surface area (TPSA) is 67.1 Å². The van der Waals surface area contributed by atoms with Gasteiger partial charge in [-0.2, -0.15) is 0 Å². The number of anilines is 4. The summed E-state index contributed by atoms with van der Waals surface area (Å²) in [5, 5.41) is 3.40. The minimum Gasteiger partial charge on any atom is -0.393 e. The summed E-state index contributed by atoms with van der Waals surface area (Å²) in [6.07, 6.45) is 5.05. The van der Waals surface area contributed by atoms with Crippen LogP contribution in [0.15, 0.2) is 54.9 Å². The summed E-state index contributed by atoms with van der Waals surface area (Å²) in [6, 6.07) is 17.0. The van der Waals surface area contributed by atoms with Crippen molar-refractivity contribution in [3.63, 3.8) is 0 Å². The highest BCUT2D eigenvalue weighted by molar-refractivity contribution is 5.79. The van der Waals surface area contributed by atoms with E-state index in [1.54, 1.807) is 6.33 Å². The summed E-state index contributed by atoms with van der Waals surface area (Å²) >= 11 is 0. The maximum absolute atomic E-state index is 6.48. The molecule has 0 amide bonds. The summed E-state index contributed by atoms with van der Waals surface area (Å²) < 4.78 is 0. The van der Waals surface area contributed by atoms with E-state index in [1.807, 2.05) is 6.07 Å². The van der Waals surface area contributed by atoms with Crippen molar-refractivity contribution < 1.29 is 0 Å². The lowest BCUT2D eigenvalue weighted by Crippen LogP contribution is -2.35. The molecular formula is C24H29N5. The molecule has 0 unspecified atom stereocenters. The smallest absolute Gasteiger partial charge is 0.159 e. The van der Waals surface area contributed by atoms with Gasteiger partial charge in [-0.3, -0.25) is 0 Å². The Bertz CT molecular complexity index is 962. The molecule has 1 aliphatic heterocycles. The maximum Gasteiger partial charge on any atom is 0.159 e. The zero-order valence-corrected chi connectivity index (χ0v) is 17.2. The van der Waals surface area contributed by atoms with Crippen LogP contribution in [0.25, 0.3) is 0 Å². The second kappa shape index (κ2) is 8.52. The highest BCUT2D eigenvalue weighted by atomic mass is 15.2. The van der Waals surface area contributed by atoms with Gasteiger partial charge in [0.2, 0.25) is 0 Å².